The third kappa shape index (κ3) is 7.80. The van der Waals surface area contributed by atoms with E-state index in [0.29, 0.717) is 21.9 Å². The molecule has 2 N–H and O–H groups in total. The number of benzene rings is 3. The number of nitrogens with one attached hydrogen (secondary N) is 2. The number of rotatable bonds is 11. The summed E-state index contributed by atoms with van der Waals surface area (Å²) in [6, 6.07) is 21.4. The average Bonchev–Trinajstić information content (AvgIpc) is 3.75. The molecule has 11 heteroatoms. The van der Waals surface area contributed by atoms with Gasteiger partial charge < -0.3 is 29.4 Å². The number of carbonyl (C=O) groups excluding carboxylic acids is 3. The first-order valence-corrected chi connectivity index (χ1v) is 19.5. The highest BCUT2D eigenvalue weighted by Crippen LogP contribution is 2.54. The summed E-state index contributed by atoms with van der Waals surface area (Å²) < 4.78 is 18.4. The molecule has 2 amide bonds. The predicted molar refractivity (Wildman–Crippen MR) is 202 cm³/mol. The number of H-pyrrole nitrogens is 1. The van der Waals surface area contributed by atoms with Crippen LogP contribution in [0.5, 0.6) is 0 Å². The number of para-hydroxylation sites is 1. The van der Waals surface area contributed by atoms with Crippen molar-refractivity contribution in [3.63, 3.8) is 0 Å². The minimum atomic E-state index is -1.47. The van der Waals surface area contributed by atoms with Crippen molar-refractivity contribution in [3.8, 4) is 0 Å². The molecular weight excluding hydrogens is 713 g/mol. The van der Waals surface area contributed by atoms with Crippen LogP contribution in [-0.4, -0.2) is 58.2 Å². The van der Waals surface area contributed by atoms with Crippen molar-refractivity contribution in [2.45, 2.75) is 88.9 Å². The fraction of sp³-hybridized carbons (Fsp3) is 0.452. The van der Waals surface area contributed by atoms with Crippen LogP contribution in [0.3, 0.4) is 0 Å². The monoisotopic (exact) mass is 757 g/mol. The van der Waals surface area contributed by atoms with E-state index >= 15 is 4.79 Å². The molecule has 2 heterocycles. The smallest absolute Gasteiger partial charge is 0.408 e. The maximum Gasteiger partial charge on any atom is 0.408 e. The Labute approximate surface area is 319 Å². The molecule has 4 bridgehead atoms. The third-order valence-corrected chi connectivity index (χ3v) is 12.4. The van der Waals surface area contributed by atoms with Gasteiger partial charge in [0.05, 0.1) is 12.7 Å². The number of nitrogens with zero attached hydrogens (tertiary/aromatic N) is 1. The first-order valence-electron chi connectivity index (χ1n) is 18.7. The van der Waals surface area contributed by atoms with Gasteiger partial charge in [-0.15, -0.1) is 0 Å². The van der Waals surface area contributed by atoms with Crippen LogP contribution in [0.2, 0.25) is 10.0 Å². The molecule has 5 fully saturated rings. The molecule has 1 saturated heterocycles. The van der Waals surface area contributed by atoms with E-state index in [1.54, 1.807) is 31.2 Å². The summed E-state index contributed by atoms with van der Waals surface area (Å²) in [6.45, 7) is 2.10. The largest absolute Gasteiger partial charge is 0.459 e. The summed E-state index contributed by atoms with van der Waals surface area (Å²) in [5.74, 6) is 1.22. The van der Waals surface area contributed by atoms with Crippen LogP contribution in [0.15, 0.2) is 79.0 Å². The number of hydrogen-bond donors (Lipinski definition) is 2. The molecule has 0 spiro atoms. The second-order valence-corrected chi connectivity index (χ2v) is 16.7. The maximum atomic E-state index is 15.0. The van der Waals surface area contributed by atoms with Crippen molar-refractivity contribution in [1.29, 1.82) is 0 Å². The van der Waals surface area contributed by atoms with E-state index < -0.39 is 35.7 Å². The highest BCUT2D eigenvalue weighted by molar-refractivity contribution is 6.30. The Kier molecular flexibility index (Phi) is 10.2. The van der Waals surface area contributed by atoms with E-state index in [-0.39, 0.29) is 38.7 Å². The number of halogens is 2. The molecular formula is C42H45Cl2N3O6. The standard InChI is InChI=1S/C42H45Cl2N3O6/c1-42(20-31-21-45-36-11-3-2-10-35(31)36,46-41(50)53-38-29-13-27-12-28(15-29)16-30(38)14-27)40(49)47-22-34(51-23-25-6-4-8-32(43)17-25)19-37(47)39(48)52-24-26-7-5-9-33(44)18-26/h2-11,17-18,21,27-30,34,37-38,45H,12-16,19-20,22-24H2,1H3,(H,46,50)/t27?,28?,29?,30?,34-,37-,38?,42-/m1/s1. The number of hydrogen-bond acceptors (Lipinski definition) is 6. The second kappa shape index (κ2) is 15.0. The Hall–Kier alpha value is -4.05. The third-order valence-electron chi connectivity index (χ3n) is 11.9. The van der Waals surface area contributed by atoms with E-state index in [1.165, 1.54) is 11.3 Å². The zero-order chi connectivity index (χ0) is 36.7. The van der Waals surface area contributed by atoms with Crippen molar-refractivity contribution in [3.05, 3.63) is 106 Å². The molecule has 53 heavy (non-hydrogen) atoms. The molecule has 4 aliphatic carbocycles. The fourth-order valence-corrected chi connectivity index (χ4v) is 10.1. The summed E-state index contributed by atoms with van der Waals surface area (Å²) >= 11 is 12.4. The lowest BCUT2D eigenvalue weighted by Gasteiger charge is -2.53. The van der Waals surface area contributed by atoms with Gasteiger partial charge in [-0.2, -0.15) is 0 Å². The lowest BCUT2D eigenvalue weighted by atomic mass is 9.55. The van der Waals surface area contributed by atoms with Crippen LogP contribution in [0.4, 0.5) is 4.79 Å². The minimum absolute atomic E-state index is 0.00538. The number of fused-ring (bicyclic) bond motifs is 1. The highest BCUT2D eigenvalue weighted by atomic mass is 35.5. The molecule has 4 aromatic rings. The molecule has 3 atom stereocenters. The molecule has 5 aliphatic rings. The molecule has 1 aliphatic heterocycles. The van der Waals surface area contributed by atoms with Gasteiger partial charge >= 0.3 is 12.1 Å². The van der Waals surface area contributed by atoms with Crippen LogP contribution >= 0.6 is 23.2 Å². The van der Waals surface area contributed by atoms with E-state index in [4.69, 9.17) is 37.4 Å². The van der Waals surface area contributed by atoms with Crippen LogP contribution < -0.4 is 5.32 Å². The van der Waals surface area contributed by atoms with Gasteiger partial charge in [-0.05, 0) is 110 Å². The average molecular weight is 759 g/mol. The second-order valence-electron chi connectivity index (χ2n) is 15.8. The van der Waals surface area contributed by atoms with Crippen molar-refractivity contribution in [2.75, 3.05) is 6.54 Å². The normalized spacial score (nSPS) is 27.1. The lowest BCUT2D eigenvalue weighted by molar-refractivity contribution is -0.156. The lowest BCUT2D eigenvalue weighted by Crippen LogP contribution is -2.62. The van der Waals surface area contributed by atoms with Crippen molar-refractivity contribution >= 4 is 52.1 Å². The summed E-state index contributed by atoms with van der Waals surface area (Å²) in [5, 5.41) is 5.12. The van der Waals surface area contributed by atoms with Crippen molar-refractivity contribution in [1.82, 2.24) is 15.2 Å². The van der Waals surface area contributed by atoms with Gasteiger partial charge in [0.2, 0.25) is 5.91 Å². The van der Waals surface area contributed by atoms with Gasteiger partial charge in [0.25, 0.3) is 0 Å². The predicted octanol–water partition coefficient (Wildman–Crippen LogP) is 8.26. The van der Waals surface area contributed by atoms with E-state index in [9.17, 15) is 9.59 Å². The van der Waals surface area contributed by atoms with Gasteiger partial charge in [0, 0.05) is 46.5 Å². The molecule has 9 nitrogen and oxygen atoms in total. The number of likely N-dealkylation sites (tertiary alicyclic amines) is 1. The zero-order valence-corrected chi connectivity index (χ0v) is 31.3. The quantitative estimate of drug-likeness (QED) is 0.149. The molecule has 1 aromatic heterocycles. The summed E-state index contributed by atoms with van der Waals surface area (Å²) in [4.78, 5) is 47.7. The van der Waals surface area contributed by atoms with Gasteiger partial charge in [0.1, 0.15) is 24.3 Å². The fourth-order valence-electron chi connectivity index (χ4n) is 9.68. The Bertz CT molecular complexity index is 1970. The van der Waals surface area contributed by atoms with Crippen molar-refractivity contribution < 1.29 is 28.6 Å². The SMILES string of the molecule is C[C@](Cc1c[nH]c2ccccc12)(NC(=O)OC1C2CC3CC(C2)CC1C3)C(=O)N1C[C@H](OCc2cccc(Cl)c2)C[C@@H]1C(=O)OCc1cccc(Cl)c1. The van der Waals surface area contributed by atoms with Crippen LogP contribution in [-0.2, 0) is 43.4 Å². The number of amides is 2. The number of alkyl carbamates (subject to hydrolysis) is 1. The number of ether oxygens (including phenoxy) is 3. The Morgan fingerprint density at radius 1 is 0.849 bits per heavy atom. The van der Waals surface area contributed by atoms with Crippen LogP contribution in [0.25, 0.3) is 10.9 Å². The number of aromatic nitrogens is 1. The summed E-state index contributed by atoms with van der Waals surface area (Å²) in [7, 11) is 0. The maximum absolute atomic E-state index is 15.0. The summed E-state index contributed by atoms with van der Waals surface area (Å²) in [5.41, 5.74) is 1.92. The van der Waals surface area contributed by atoms with Crippen LogP contribution in [0, 0.1) is 23.7 Å². The van der Waals surface area contributed by atoms with Crippen molar-refractivity contribution in [2.24, 2.45) is 23.7 Å². The topological polar surface area (TPSA) is 110 Å². The molecule has 0 unspecified atom stereocenters. The first kappa shape index (κ1) is 36.0. The van der Waals surface area contributed by atoms with E-state index in [2.05, 4.69) is 10.3 Å². The molecule has 278 valence electrons. The Morgan fingerprint density at radius 2 is 1.51 bits per heavy atom. The highest BCUT2D eigenvalue weighted by Gasteiger charge is 2.52. The molecule has 3 aromatic carbocycles. The Morgan fingerprint density at radius 3 is 2.19 bits per heavy atom. The Balaban J connectivity index is 1.06. The molecule has 9 rings (SSSR count). The number of esters is 1. The van der Waals surface area contributed by atoms with E-state index in [0.717, 1.165) is 65.1 Å². The number of aromatic amines is 1. The van der Waals surface area contributed by atoms with Gasteiger partial charge in [-0.3, -0.25) is 4.79 Å². The summed E-state index contributed by atoms with van der Waals surface area (Å²) in [6.07, 6.45) is 6.72. The minimum Gasteiger partial charge on any atom is -0.459 e. The van der Waals surface area contributed by atoms with Crippen LogP contribution in [0.1, 0.15) is 62.1 Å². The van der Waals surface area contributed by atoms with E-state index in [1.807, 2.05) is 54.7 Å². The molecule has 4 saturated carbocycles. The first-order chi connectivity index (χ1) is 25.6. The van der Waals surface area contributed by atoms with Gasteiger partial charge in [-0.25, -0.2) is 9.59 Å². The van der Waals surface area contributed by atoms with Gasteiger partial charge in [-0.1, -0.05) is 65.7 Å². The molecule has 0 radical (unpaired) electrons. The van der Waals surface area contributed by atoms with Gasteiger partial charge in [0.15, 0.2) is 0 Å². The number of carbonyl (C=O) groups is 3. The zero-order valence-electron chi connectivity index (χ0n) is 29.8.